The molecule has 1 fully saturated rings. The smallest absolute Gasteiger partial charge is 0.317 e. The van der Waals surface area contributed by atoms with Crippen LogP contribution in [0.5, 0.6) is 0 Å². The maximum absolute atomic E-state index is 12.3. The van der Waals surface area contributed by atoms with Crippen molar-refractivity contribution < 1.29 is 9.90 Å². The standard InChI is InChI=1S/C18H30N4O2/c1-14-12-22(13-16-6-4-5-9-19-16)11-8-17(14)20-18(24)21(3)10-7-15(2)23/h4-6,9,14-15,17,23H,7-8,10-13H2,1-3H3,(H,20,24). The number of aromatic nitrogens is 1. The lowest BCUT2D eigenvalue weighted by molar-refractivity contribution is 0.131. The van der Waals surface area contributed by atoms with Gasteiger partial charge in [-0.15, -0.1) is 0 Å². The maximum Gasteiger partial charge on any atom is 0.317 e. The molecule has 2 rings (SSSR count). The van der Waals surface area contributed by atoms with Crippen molar-refractivity contribution in [3.05, 3.63) is 30.1 Å². The Labute approximate surface area is 144 Å². The highest BCUT2D eigenvalue weighted by Gasteiger charge is 2.28. The summed E-state index contributed by atoms with van der Waals surface area (Å²) in [7, 11) is 1.78. The van der Waals surface area contributed by atoms with E-state index in [2.05, 4.69) is 28.2 Å². The molecule has 0 aliphatic carbocycles. The van der Waals surface area contributed by atoms with Crippen LogP contribution in [-0.2, 0) is 6.54 Å². The first-order chi connectivity index (χ1) is 11.5. The molecule has 0 radical (unpaired) electrons. The number of hydrogen-bond donors (Lipinski definition) is 2. The Morgan fingerprint density at radius 3 is 2.96 bits per heavy atom. The number of urea groups is 1. The van der Waals surface area contributed by atoms with Crippen LogP contribution < -0.4 is 5.32 Å². The molecule has 1 aliphatic heterocycles. The number of carbonyl (C=O) groups is 1. The molecule has 3 unspecified atom stereocenters. The first-order valence-electron chi connectivity index (χ1n) is 8.77. The molecular formula is C18H30N4O2. The Bertz CT molecular complexity index is 509. The molecule has 0 saturated carbocycles. The fraction of sp³-hybridized carbons (Fsp3) is 0.667. The highest BCUT2D eigenvalue weighted by atomic mass is 16.3. The Morgan fingerprint density at radius 2 is 2.33 bits per heavy atom. The van der Waals surface area contributed by atoms with Crippen LogP contribution in [0.15, 0.2) is 24.4 Å². The topological polar surface area (TPSA) is 68.7 Å². The largest absolute Gasteiger partial charge is 0.393 e. The third kappa shape index (κ3) is 5.76. The Hall–Kier alpha value is -1.66. The fourth-order valence-corrected chi connectivity index (χ4v) is 3.06. The lowest BCUT2D eigenvalue weighted by Gasteiger charge is -2.37. The average Bonchev–Trinajstić information content (AvgIpc) is 2.56. The van der Waals surface area contributed by atoms with Gasteiger partial charge >= 0.3 is 6.03 Å². The number of amides is 2. The van der Waals surface area contributed by atoms with Gasteiger partial charge in [-0.2, -0.15) is 0 Å². The normalized spacial score (nSPS) is 22.8. The second-order valence-electron chi connectivity index (χ2n) is 6.94. The fourth-order valence-electron chi connectivity index (χ4n) is 3.06. The summed E-state index contributed by atoms with van der Waals surface area (Å²) in [6.45, 7) is 7.27. The van der Waals surface area contributed by atoms with E-state index in [0.717, 1.165) is 31.7 Å². The van der Waals surface area contributed by atoms with Crippen LogP contribution in [0.25, 0.3) is 0 Å². The third-order valence-corrected chi connectivity index (χ3v) is 4.64. The molecule has 2 amide bonds. The lowest BCUT2D eigenvalue weighted by atomic mass is 9.94. The van der Waals surface area contributed by atoms with Crippen molar-refractivity contribution in [3.63, 3.8) is 0 Å². The first kappa shape index (κ1) is 18.7. The van der Waals surface area contributed by atoms with Crippen molar-refractivity contribution in [2.75, 3.05) is 26.7 Å². The van der Waals surface area contributed by atoms with Crippen LogP contribution in [0, 0.1) is 5.92 Å². The molecule has 0 bridgehead atoms. The molecule has 6 heteroatoms. The van der Waals surface area contributed by atoms with Crippen molar-refractivity contribution in [1.82, 2.24) is 20.1 Å². The van der Waals surface area contributed by atoms with E-state index >= 15 is 0 Å². The molecule has 3 atom stereocenters. The minimum Gasteiger partial charge on any atom is -0.393 e. The van der Waals surface area contributed by atoms with Crippen LogP contribution in [0.2, 0.25) is 0 Å². The molecule has 1 aromatic rings. The molecule has 1 saturated heterocycles. The molecule has 1 aromatic heterocycles. The van der Waals surface area contributed by atoms with Crippen LogP contribution in [-0.4, -0.2) is 64.7 Å². The van der Waals surface area contributed by atoms with Gasteiger partial charge in [0.2, 0.25) is 0 Å². The number of aliphatic hydroxyl groups excluding tert-OH is 1. The van der Waals surface area contributed by atoms with Crippen LogP contribution in [0.3, 0.4) is 0 Å². The summed E-state index contributed by atoms with van der Waals surface area (Å²) >= 11 is 0. The van der Waals surface area contributed by atoms with E-state index in [0.29, 0.717) is 18.9 Å². The first-order valence-corrected chi connectivity index (χ1v) is 8.77. The lowest BCUT2D eigenvalue weighted by Crippen LogP contribution is -2.52. The minimum absolute atomic E-state index is 0.0503. The zero-order valence-electron chi connectivity index (χ0n) is 15.0. The summed E-state index contributed by atoms with van der Waals surface area (Å²) in [5.41, 5.74) is 1.09. The summed E-state index contributed by atoms with van der Waals surface area (Å²) < 4.78 is 0. The van der Waals surface area contributed by atoms with Gasteiger partial charge in [-0.25, -0.2) is 4.79 Å². The highest BCUT2D eigenvalue weighted by Crippen LogP contribution is 2.18. The molecule has 2 heterocycles. The van der Waals surface area contributed by atoms with Crippen LogP contribution >= 0.6 is 0 Å². The predicted octanol–water partition coefficient (Wildman–Crippen LogP) is 1.70. The molecule has 24 heavy (non-hydrogen) atoms. The Morgan fingerprint density at radius 1 is 1.54 bits per heavy atom. The molecule has 0 spiro atoms. The van der Waals surface area contributed by atoms with Crippen LogP contribution in [0.4, 0.5) is 4.79 Å². The maximum atomic E-state index is 12.3. The number of nitrogens with zero attached hydrogens (tertiary/aromatic N) is 3. The summed E-state index contributed by atoms with van der Waals surface area (Å²) in [4.78, 5) is 20.7. The Balaban J connectivity index is 1.77. The third-order valence-electron chi connectivity index (χ3n) is 4.64. The zero-order chi connectivity index (χ0) is 17.5. The van der Waals surface area contributed by atoms with Crippen LogP contribution in [0.1, 0.15) is 32.4 Å². The van der Waals surface area contributed by atoms with E-state index in [-0.39, 0.29) is 18.2 Å². The van der Waals surface area contributed by atoms with Crippen molar-refractivity contribution in [3.8, 4) is 0 Å². The summed E-state index contributed by atoms with van der Waals surface area (Å²) in [5.74, 6) is 0.400. The van der Waals surface area contributed by atoms with E-state index in [1.807, 2.05) is 18.3 Å². The van der Waals surface area contributed by atoms with E-state index in [1.54, 1.807) is 18.9 Å². The zero-order valence-corrected chi connectivity index (χ0v) is 15.0. The molecule has 1 aliphatic rings. The molecular weight excluding hydrogens is 304 g/mol. The number of hydrogen-bond acceptors (Lipinski definition) is 4. The monoisotopic (exact) mass is 334 g/mol. The Kier molecular flexibility index (Phi) is 6.99. The highest BCUT2D eigenvalue weighted by molar-refractivity contribution is 5.74. The number of nitrogens with one attached hydrogen (secondary N) is 1. The number of likely N-dealkylation sites (tertiary alicyclic amines) is 1. The van der Waals surface area contributed by atoms with Crippen molar-refractivity contribution in [2.45, 2.75) is 45.4 Å². The van der Waals surface area contributed by atoms with Crippen molar-refractivity contribution in [2.24, 2.45) is 5.92 Å². The summed E-state index contributed by atoms with van der Waals surface area (Å²) in [6, 6.07) is 6.15. The number of carbonyl (C=O) groups excluding carboxylic acids is 1. The molecule has 6 nitrogen and oxygen atoms in total. The minimum atomic E-state index is -0.381. The molecule has 2 N–H and O–H groups in total. The average molecular weight is 334 g/mol. The van der Waals surface area contributed by atoms with E-state index in [1.165, 1.54) is 0 Å². The van der Waals surface area contributed by atoms with Gasteiger partial charge < -0.3 is 15.3 Å². The molecule has 134 valence electrons. The van der Waals surface area contributed by atoms with Gasteiger partial charge in [0.15, 0.2) is 0 Å². The van der Waals surface area contributed by atoms with Gasteiger partial charge in [-0.05, 0) is 37.8 Å². The van der Waals surface area contributed by atoms with Gasteiger partial charge in [0.05, 0.1) is 11.8 Å². The number of aliphatic hydroxyl groups is 1. The van der Waals surface area contributed by atoms with Gasteiger partial charge in [-0.3, -0.25) is 9.88 Å². The number of rotatable bonds is 6. The van der Waals surface area contributed by atoms with Crippen molar-refractivity contribution >= 4 is 6.03 Å². The van der Waals surface area contributed by atoms with E-state index in [4.69, 9.17) is 0 Å². The SMILES string of the molecule is CC(O)CCN(C)C(=O)NC1CCN(Cc2ccccn2)CC1C. The predicted molar refractivity (Wildman–Crippen MR) is 94.5 cm³/mol. The van der Waals surface area contributed by atoms with E-state index in [9.17, 15) is 9.90 Å². The van der Waals surface area contributed by atoms with E-state index < -0.39 is 0 Å². The molecule has 0 aromatic carbocycles. The van der Waals surface area contributed by atoms with Gasteiger partial charge in [0.1, 0.15) is 0 Å². The van der Waals surface area contributed by atoms with Gasteiger partial charge in [-0.1, -0.05) is 13.0 Å². The van der Waals surface area contributed by atoms with Gasteiger partial charge in [0.25, 0.3) is 0 Å². The van der Waals surface area contributed by atoms with Gasteiger partial charge in [0, 0.05) is 45.5 Å². The summed E-state index contributed by atoms with van der Waals surface area (Å²) in [6.07, 6.45) is 3.00. The number of pyridine rings is 1. The quantitative estimate of drug-likeness (QED) is 0.831. The second kappa shape index (κ2) is 8.99. The van der Waals surface area contributed by atoms with Crippen molar-refractivity contribution in [1.29, 1.82) is 0 Å². The second-order valence-corrected chi connectivity index (χ2v) is 6.94. The number of piperidine rings is 1. The summed E-state index contributed by atoms with van der Waals surface area (Å²) in [5, 5.41) is 12.5.